The van der Waals surface area contributed by atoms with Gasteiger partial charge in [-0.2, -0.15) is 0 Å². The number of carbonyl (C=O) groups excluding carboxylic acids is 1. The Kier molecular flexibility index (Phi) is 6.54. The van der Waals surface area contributed by atoms with E-state index in [9.17, 15) is 13.2 Å². The maximum Gasteiger partial charge on any atom is 0.330 e. The van der Waals surface area contributed by atoms with E-state index in [1.807, 2.05) is 24.3 Å². The third-order valence-electron chi connectivity index (χ3n) is 4.85. The number of hydrogen-bond acceptors (Lipinski definition) is 6. The van der Waals surface area contributed by atoms with Gasteiger partial charge in [0.1, 0.15) is 4.90 Å². The largest absolute Gasteiger partial charge is 0.493 e. The molecule has 1 saturated carbocycles. The van der Waals surface area contributed by atoms with E-state index in [1.165, 1.54) is 39.5 Å². The quantitative estimate of drug-likeness (QED) is 0.444. The van der Waals surface area contributed by atoms with Gasteiger partial charge in [-0.1, -0.05) is 28.1 Å². The molecule has 30 heavy (non-hydrogen) atoms. The van der Waals surface area contributed by atoms with E-state index in [2.05, 4.69) is 25.4 Å². The lowest BCUT2D eigenvalue weighted by Gasteiger charge is -2.20. The van der Waals surface area contributed by atoms with Crippen LogP contribution in [-0.4, -0.2) is 35.7 Å². The van der Waals surface area contributed by atoms with Gasteiger partial charge < -0.3 is 14.2 Å². The number of esters is 1. The smallest absolute Gasteiger partial charge is 0.330 e. The van der Waals surface area contributed by atoms with E-state index in [4.69, 9.17) is 9.47 Å². The van der Waals surface area contributed by atoms with Crippen molar-refractivity contribution in [3.8, 4) is 11.5 Å². The molecule has 1 aliphatic carbocycles. The van der Waals surface area contributed by atoms with E-state index < -0.39 is 21.5 Å². The monoisotopic (exact) mass is 495 g/mol. The third-order valence-corrected chi connectivity index (χ3v) is 6.92. The highest BCUT2D eigenvalue weighted by Gasteiger charge is 2.48. The maximum atomic E-state index is 13.4. The number of rotatable bonds is 8. The van der Waals surface area contributed by atoms with E-state index >= 15 is 0 Å². The van der Waals surface area contributed by atoms with E-state index in [0.29, 0.717) is 18.4 Å². The van der Waals surface area contributed by atoms with Crippen molar-refractivity contribution in [2.24, 2.45) is 0 Å². The van der Waals surface area contributed by atoms with Crippen LogP contribution in [0.1, 0.15) is 24.0 Å². The summed E-state index contributed by atoms with van der Waals surface area (Å²) in [7, 11) is 0.0835. The van der Waals surface area contributed by atoms with Crippen LogP contribution in [0.15, 0.2) is 51.8 Å². The lowest BCUT2D eigenvalue weighted by molar-refractivity contribution is -0.134. The molecule has 0 bridgehead atoms. The summed E-state index contributed by atoms with van der Waals surface area (Å²) in [5.41, 5.74) is 0.684. The molecule has 0 radical (unpaired) electrons. The predicted molar refractivity (Wildman–Crippen MR) is 116 cm³/mol. The summed E-state index contributed by atoms with van der Waals surface area (Å²) >= 11 is 3.40. The molecule has 0 atom stereocenters. The second-order valence-corrected chi connectivity index (χ2v) is 9.37. The van der Waals surface area contributed by atoms with Gasteiger partial charge in [0.2, 0.25) is 10.0 Å². The van der Waals surface area contributed by atoms with Crippen molar-refractivity contribution in [3.63, 3.8) is 0 Å². The Hall–Kier alpha value is -2.36. The Balaban J connectivity index is 2.02. The molecule has 0 spiro atoms. The van der Waals surface area contributed by atoms with Gasteiger partial charge in [-0.25, -0.2) is 17.9 Å². The van der Waals surface area contributed by atoms with E-state index in [-0.39, 0.29) is 16.4 Å². The molecule has 0 amide bonds. The highest BCUT2D eigenvalue weighted by Crippen LogP contribution is 2.47. The lowest BCUT2D eigenvalue weighted by Crippen LogP contribution is -2.35. The first-order valence-electron chi connectivity index (χ1n) is 9.07. The van der Waals surface area contributed by atoms with Crippen LogP contribution in [0, 0.1) is 0 Å². The fraction of sp³-hybridized carbons (Fsp3) is 0.286. The Bertz CT molecular complexity index is 1080. The number of hydrogen-bond donors (Lipinski definition) is 1. The zero-order valence-electron chi connectivity index (χ0n) is 16.8. The number of methoxy groups -OCH3 is 3. The highest BCUT2D eigenvalue weighted by atomic mass is 79.9. The number of carbonyl (C=O) groups is 1. The molecule has 7 nitrogen and oxygen atoms in total. The van der Waals surface area contributed by atoms with Crippen LogP contribution in [0.5, 0.6) is 11.5 Å². The van der Waals surface area contributed by atoms with Gasteiger partial charge in [0, 0.05) is 10.5 Å². The molecule has 0 aliphatic heterocycles. The summed E-state index contributed by atoms with van der Waals surface area (Å²) in [5, 5.41) is 0. The first-order valence-corrected chi connectivity index (χ1v) is 11.3. The summed E-state index contributed by atoms with van der Waals surface area (Å²) < 4.78 is 45.7. The number of nitrogens with one attached hydrogen (secondary N) is 1. The van der Waals surface area contributed by atoms with E-state index in [0.717, 1.165) is 10.0 Å². The molecule has 1 fully saturated rings. The molecule has 160 valence electrons. The maximum absolute atomic E-state index is 13.4. The highest BCUT2D eigenvalue weighted by molar-refractivity contribution is 9.10. The first-order chi connectivity index (χ1) is 14.2. The van der Waals surface area contributed by atoms with Crippen LogP contribution in [0.3, 0.4) is 0 Å². The third kappa shape index (κ3) is 4.69. The van der Waals surface area contributed by atoms with Crippen molar-refractivity contribution >= 4 is 38.0 Å². The second kappa shape index (κ2) is 8.79. The molecule has 0 heterocycles. The fourth-order valence-corrected chi connectivity index (χ4v) is 5.06. The van der Waals surface area contributed by atoms with E-state index in [1.54, 1.807) is 6.07 Å². The first kappa shape index (κ1) is 22.3. The summed E-state index contributed by atoms with van der Waals surface area (Å²) in [5.74, 6) is -0.232. The molecule has 1 aliphatic rings. The van der Waals surface area contributed by atoms with Gasteiger partial charge >= 0.3 is 5.97 Å². The summed E-state index contributed by atoms with van der Waals surface area (Å²) in [4.78, 5) is 11.4. The van der Waals surface area contributed by atoms with Gasteiger partial charge in [0.15, 0.2) is 11.5 Å². The Morgan fingerprint density at radius 2 is 1.77 bits per heavy atom. The zero-order valence-corrected chi connectivity index (χ0v) is 19.2. The predicted octanol–water partition coefficient (Wildman–Crippen LogP) is 3.62. The van der Waals surface area contributed by atoms with Crippen molar-refractivity contribution in [3.05, 3.63) is 58.1 Å². The Morgan fingerprint density at radius 1 is 1.10 bits per heavy atom. The van der Waals surface area contributed by atoms with Crippen LogP contribution in [0.2, 0.25) is 0 Å². The number of ether oxygens (including phenoxy) is 3. The number of halogens is 1. The molecule has 2 aromatic carbocycles. The topological polar surface area (TPSA) is 90.9 Å². The van der Waals surface area contributed by atoms with Gasteiger partial charge in [0.05, 0.1) is 26.9 Å². The van der Waals surface area contributed by atoms with Crippen molar-refractivity contribution in [2.45, 2.75) is 23.3 Å². The molecule has 9 heteroatoms. The summed E-state index contributed by atoms with van der Waals surface area (Å²) in [6, 6.07) is 10.6. The molecule has 2 aromatic rings. The van der Waals surface area contributed by atoms with Crippen molar-refractivity contribution < 1.29 is 27.4 Å². The minimum Gasteiger partial charge on any atom is -0.493 e. The Labute approximate surface area is 184 Å². The lowest BCUT2D eigenvalue weighted by atomic mass is 10.1. The average Bonchev–Trinajstić information content (AvgIpc) is 3.51. The van der Waals surface area contributed by atoms with Gasteiger partial charge in [-0.3, -0.25) is 0 Å². The van der Waals surface area contributed by atoms with Crippen LogP contribution in [0.25, 0.3) is 6.08 Å². The van der Waals surface area contributed by atoms with Crippen LogP contribution in [-0.2, 0) is 25.1 Å². The average molecular weight is 496 g/mol. The van der Waals surface area contributed by atoms with Crippen molar-refractivity contribution in [1.29, 1.82) is 0 Å². The molecular formula is C21H22BrNO6S. The van der Waals surface area contributed by atoms with Gasteiger partial charge in [-0.05, 0) is 54.3 Å². The summed E-state index contributed by atoms with van der Waals surface area (Å²) in [6.07, 6.45) is 4.04. The van der Waals surface area contributed by atoms with Gasteiger partial charge in [0.25, 0.3) is 0 Å². The summed E-state index contributed by atoms with van der Waals surface area (Å²) in [6.45, 7) is 0. The van der Waals surface area contributed by atoms with Crippen molar-refractivity contribution in [1.82, 2.24) is 4.72 Å². The van der Waals surface area contributed by atoms with Crippen LogP contribution < -0.4 is 14.2 Å². The molecule has 3 rings (SSSR count). The normalized spacial score (nSPS) is 15.1. The molecular weight excluding hydrogens is 474 g/mol. The molecule has 0 aromatic heterocycles. The number of benzene rings is 2. The molecule has 0 unspecified atom stereocenters. The van der Waals surface area contributed by atoms with Crippen molar-refractivity contribution in [2.75, 3.05) is 21.3 Å². The van der Waals surface area contributed by atoms with Crippen LogP contribution >= 0.6 is 15.9 Å². The Morgan fingerprint density at radius 3 is 2.30 bits per heavy atom. The molecule has 1 N–H and O–H groups in total. The van der Waals surface area contributed by atoms with Gasteiger partial charge in [-0.15, -0.1) is 0 Å². The minimum atomic E-state index is -3.97. The number of sulfonamides is 1. The second-order valence-electron chi connectivity index (χ2n) is 6.81. The van der Waals surface area contributed by atoms with Crippen LogP contribution in [0.4, 0.5) is 0 Å². The molecule has 0 saturated heterocycles. The minimum absolute atomic E-state index is 0.0720. The zero-order chi connectivity index (χ0) is 21.9. The fourth-order valence-electron chi connectivity index (χ4n) is 3.13. The SMILES string of the molecule is COC(=O)/C=C/c1cc(OC)c(OC)c(S(=O)(=O)NC2(c3ccc(Br)cc3)CC2)c1. The standard InChI is InChI=1S/C21H22BrNO6S/c1-27-17-12-14(4-9-19(24)28-2)13-18(20(17)29-3)30(25,26)23-21(10-11-21)15-5-7-16(22)8-6-15/h4-9,12-13,23H,10-11H2,1-3H3/b9-4+.